The van der Waals surface area contributed by atoms with Crippen LogP contribution in [0.15, 0.2) is 45.0 Å². The van der Waals surface area contributed by atoms with Crippen LogP contribution in [0.25, 0.3) is 11.0 Å². The molecule has 3 aromatic heterocycles. The topological polar surface area (TPSA) is 77.4 Å². The number of piperidine rings is 1. The molecule has 3 aromatic rings. The van der Waals surface area contributed by atoms with E-state index in [9.17, 15) is 0 Å². The van der Waals surface area contributed by atoms with E-state index in [0.29, 0.717) is 16.3 Å². The average molecular weight is 447 g/mol. The minimum absolute atomic E-state index is 0.324. The van der Waals surface area contributed by atoms with Crippen molar-refractivity contribution in [3.8, 4) is 0 Å². The van der Waals surface area contributed by atoms with Crippen LogP contribution in [0.3, 0.4) is 0 Å². The van der Waals surface area contributed by atoms with Crippen molar-refractivity contribution >= 4 is 46.0 Å². The van der Waals surface area contributed by atoms with Crippen molar-refractivity contribution in [1.82, 2.24) is 9.97 Å². The Morgan fingerprint density at radius 1 is 1.13 bits per heavy atom. The number of nitrogens with zero attached hydrogens (tertiary/aromatic N) is 3. The highest BCUT2D eigenvalue weighted by Crippen LogP contribution is 2.43. The number of nitrogens with two attached hydrogens (primary N) is 1. The maximum atomic E-state index is 6.30. The summed E-state index contributed by atoms with van der Waals surface area (Å²) in [4.78, 5) is 12.9. The summed E-state index contributed by atoms with van der Waals surface area (Å²) in [7, 11) is 0. The van der Waals surface area contributed by atoms with Crippen molar-refractivity contribution in [1.29, 1.82) is 0 Å². The molecule has 2 fully saturated rings. The minimum Gasteiger partial charge on any atom is -0.463 e. The van der Waals surface area contributed by atoms with Crippen LogP contribution < -0.4 is 10.6 Å². The second-order valence-electron chi connectivity index (χ2n) is 7.51. The van der Waals surface area contributed by atoms with Gasteiger partial charge in [-0.25, -0.2) is 9.97 Å². The summed E-state index contributed by atoms with van der Waals surface area (Å²) in [5.74, 6) is 1.31. The maximum absolute atomic E-state index is 6.30. The number of hydrogen-bond acceptors (Lipinski definition) is 7. The van der Waals surface area contributed by atoms with Crippen molar-refractivity contribution in [2.24, 2.45) is 5.41 Å². The van der Waals surface area contributed by atoms with E-state index in [4.69, 9.17) is 31.5 Å². The number of aromatic nitrogens is 2. The summed E-state index contributed by atoms with van der Waals surface area (Å²) in [6.45, 7) is 7.80. The van der Waals surface area contributed by atoms with E-state index in [1.807, 2.05) is 32.2 Å². The number of pyridine rings is 2. The van der Waals surface area contributed by atoms with Gasteiger partial charge < -0.3 is 19.8 Å². The van der Waals surface area contributed by atoms with Crippen LogP contribution in [0.5, 0.6) is 0 Å². The lowest BCUT2D eigenvalue weighted by Gasteiger charge is -2.39. The molecular formula is C22H27ClN4O2S. The summed E-state index contributed by atoms with van der Waals surface area (Å²) in [5, 5.41) is 1.48. The number of fused-ring (bicyclic) bond motifs is 1. The van der Waals surface area contributed by atoms with Gasteiger partial charge in [0.05, 0.1) is 28.2 Å². The molecule has 5 heterocycles. The molecule has 160 valence electrons. The van der Waals surface area contributed by atoms with E-state index < -0.39 is 0 Å². The number of furan rings is 1. The van der Waals surface area contributed by atoms with Crippen LogP contribution in [0, 0.1) is 5.41 Å². The molecule has 0 atom stereocenters. The van der Waals surface area contributed by atoms with Crippen LogP contribution in [-0.2, 0) is 4.74 Å². The van der Waals surface area contributed by atoms with Gasteiger partial charge in [0.1, 0.15) is 11.6 Å². The monoisotopic (exact) mass is 446 g/mol. The fraction of sp³-hybridized carbons (Fsp3) is 0.455. The Hall–Kier alpha value is -1.96. The first-order valence-electron chi connectivity index (χ1n) is 10.4. The number of hydrogen-bond donors (Lipinski definition) is 1. The minimum atomic E-state index is 0.324. The first-order chi connectivity index (χ1) is 14.7. The van der Waals surface area contributed by atoms with Crippen molar-refractivity contribution < 1.29 is 9.15 Å². The molecule has 2 aliphatic heterocycles. The molecule has 2 N–H and O–H groups in total. The maximum Gasteiger partial charge on any atom is 0.153 e. The number of ether oxygens (including phenoxy) is 1. The Bertz CT molecular complexity index is 1010. The summed E-state index contributed by atoms with van der Waals surface area (Å²) in [5.41, 5.74) is 7.03. The molecule has 5 rings (SSSR count). The second-order valence-corrected chi connectivity index (χ2v) is 8.97. The summed E-state index contributed by atoms with van der Waals surface area (Å²) < 4.78 is 11.5. The molecule has 0 radical (unpaired) electrons. The molecule has 30 heavy (non-hydrogen) atoms. The highest BCUT2D eigenvalue weighted by Gasteiger charge is 2.38. The zero-order valence-corrected chi connectivity index (χ0v) is 18.9. The highest BCUT2D eigenvalue weighted by atomic mass is 35.5. The molecule has 0 unspecified atom stereocenters. The lowest BCUT2D eigenvalue weighted by molar-refractivity contribution is 0.133. The van der Waals surface area contributed by atoms with Gasteiger partial charge in [-0.05, 0) is 36.8 Å². The van der Waals surface area contributed by atoms with Gasteiger partial charge in [0.2, 0.25) is 0 Å². The summed E-state index contributed by atoms with van der Waals surface area (Å²) in [6, 6.07) is 3.84. The molecular weight excluding hydrogens is 420 g/mol. The molecule has 0 aliphatic carbocycles. The normalized spacial score (nSPS) is 17.9. The van der Waals surface area contributed by atoms with Crippen LogP contribution in [0.2, 0.25) is 5.02 Å². The van der Waals surface area contributed by atoms with Gasteiger partial charge in [0, 0.05) is 37.0 Å². The zero-order chi connectivity index (χ0) is 21.1. The Labute approximate surface area is 186 Å². The Morgan fingerprint density at radius 3 is 2.67 bits per heavy atom. The first kappa shape index (κ1) is 21.3. The smallest absolute Gasteiger partial charge is 0.153 e. The van der Waals surface area contributed by atoms with Crippen molar-refractivity contribution in [3.63, 3.8) is 0 Å². The van der Waals surface area contributed by atoms with Crippen LogP contribution in [0.1, 0.15) is 33.1 Å². The van der Waals surface area contributed by atoms with Crippen molar-refractivity contribution in [2.45, 2.75) is 42.9 Å². The molecule has 0 saturated carbocycles. The average Bonchev–Trinajstić information content (AvgIpc) is 3.44. The van der Waals surface area contributed by atoms with E-state index >= 15 is 0 Å². The van der Waals surface area contributed by atoms with Gasteiger partial charge in [0.25, 0.3) is 0 Å². The van der Waals surface area contributed by atoms with E-state index in [1.165, 1.54) is 18.2 Å². The number of anilines is 2. The molecule has 2 saturated heterocycles. The van der Waals surface area contributed by atoms with Gasteiger partial charge in [-0.2, -0.15) is 0 Å². The van der Waals surface area contributed by atoms with Crippen LogP contribution >= 0.6 is 23.4 Å². The predicted molar refractivity (Wildman–Crippen MR) is 122 cm³/mol. The highest BCUT2D eigenvalue weighted by molar-refractivity contribution is 7.99. The standard InChI is InChI=1S/C20H21ClN4O2S.C2H6/c21-16-14(1-6-23-18(16)22)28-15-11-24-19(13-2-9-27-17(13)15)25-7-3-20(4-8-25)5-10-26-12-20;1-2/h1-2,6,9,11H,3-5,7-8,10,12H2,(H2,22,23);1-2H3. The molecule has 8 heteroatoms. The number of rotatable bonds is 3. The van der Waals surface area contributed by atoms with Crippen molar-refractivity contribution in [3.05, 3.63) is 35.8 Å². The van der Waals surface area contributed by atoms with E-state index in [1.54, 1.807) is 12.5 Å². The number of halogens is 1. The zero-order valence-electron chi connectivity index (χ0n) is 17.4. The van der Waals surface area contributed by atoms with Gasteiger partial charge in [-0.1, -0.05) is 37.2 Å². The van der Waals surface area contributed by atoms with E-state index in [0.717, 1.165) is 65.7 Å². The largest absolute Gasteiger partial charge is 0.463 e. The molecule has 0 amide bonds. The third-order valence-electron chi connectivity index (χ3n) is 5.84. The van der Waals surface area contributed by atoms with Crippen LogP contribution in [0.4, 0.5) is 11.6 Å². The molecule has 0 aromatic carbocycles. The molecule has 2 aliphatic rings. The van der Waals surface area contributed by atoms with Gasteiger partial charge in [-0.15, -0.1) is 0 Å². The van der Waals surface area contributed by atoms with Gasteiger partial charge >= 0.3 is 0 Å². The Morgan fingerprint density at radius 2 is 1.93 bits per heavy atom. The molecule has 0 bridgehead atoms. The van der Waals surface area contributed by atoms with Crippen LogP contribution in [-0.4, -0.2) is 36.3 Å². The van der Waals surface area contributed by atoms with E-state index in [-0.39, 0.29) is 0 Å². The van der Waals surface area contributed by atoms with E-state index in [2.05, 4.69) is 9.88 Å². The lowest BCUT2D eigenvalue weighted by atomic mass is 9.78. The lowest BCUT2D eigenvalue weighted by Crippen LogP contribution is -2.40. The number of nitrogen functional groups attached to an aromatic ring is 1. The second kappa shape index (κ2) is 9.04. The first-order valence-corrected chi connectivity index (χ1v) is 11.6. The fourth-order valence-corrected chi connectivity index (χ4v) is 5.27. The third kappa shape index (κ3) is 3.98. The van der Waals surface area contributed by atoms with Gasteiger partial charge in [-0.3, -0.25) is 0 Å². The third-order valence-corrected chi connectivity index (χ3v) is 7.42. The summed E-state index contributed by atoms with van der Waals surface area (Å²) >= 11 is 7.79. The quantitative estimate of drug-likeness (QED) is 0.557. The summed E-state index contributed by atoms with van der Waals surface area (Å²) in [6.07, 6.45) is 8.72. The SMILES string of the molecule is CC.Nc1nccc(Sc2cnc(N3CCC4(CCOC4)CC3)c3ccoc23)c1Cl. The molecule has 6 nitrogen and oxygen atoms in total. The van der Waals surface area contributed by atoms with Gasteiger partial charge in [0.15, 0.2) is 5.58 Å². The predicted octanol–water partition coefficient (Wildman–Crippen LogP) is 5.64. The van der Waals surface area contributed by atoms with Crippen molar-refractivity contribution in [2.75, 3.05) is 36.9 Å². The Kier molecular flexibility index (Phi) is 6.41. The molecule has 1 spiro atoms. The Balaban J connectivity index is 0.00000106. The fourth-order valence-electron chi connectivity index (χ4n) is 4.12.